The molecule has 3 rings (SSSR count). The predicted molar refractivity (Wildman–Crippen MR) is 128 cm³/mol. The monoisotopic (exact) mass is 440 g/mol. The molecule has 0 aromatic heterocycles. The lowest BCUT2D eigenvalue weighted by Crippen LogP contribution is -2.29. The molecule has 0 amide bonds. The summed E-state index contributed by atoms with van der Waals surface area (Å²) >= 11 is 0. The molecule has 3 aromatic carbocycles. The highest BCUT2D eigenvalue weighted by molar-refractivity contribution is 7.88. The zero-order valence-corrected chi connectivity index (χ0v) is 19.8. The van der Waals surface area contributed by atoms with Crippen molar-refractivity contribution in [2.75, 3.05) is 0 Å². The van der Waals surface area contributed by atoms with Gasteiger partial charge in [-0.05, 0) is 60.0 Å². The third kappa shape index (κ3) is 4.67. The van der Waals surface area contributed by atoms with Crippen LogP contribution in [-0.2, 0) is 10.1 Å². The topological polar surface area (TPSA) is 54.4 Å². The molecule has 0 aliphatic carbocycles. The quantitative estimate of drug-likeness (QED) is 0.421. The molecule has 0 radical (unpaired) electrons. The Morgan fingerprint density at radius 1 is 0.733 bits per heavy atom. The van der Waals surface area contributed by atoms with Crippen molar-refractivity contribution >= 4 is 34.0 Å². The van der Waals surface area contributed by atoms with Gasteiger partial charge in [0, 0.05) is 5.30 Å². The van der Waals surface area contributed by atoms with Crippen LogP contribution in [0.15, 0.2) is 71.6 Å². The van der Waals surface area contributed by atoms with E-state index in [0.29, 0.717) is 5.30 Å². The average Bonchev–Trinajstić information content (AvgIpc) is 2.69. The SMILES string of the molecule is Cc1ccc(P(c2ccccc2C(C)C)c2ccccc2C(C)C)c(S(=O)(=O)O)c1. The summed E-state index contributed by atoms with van der Waals surface area (Å²) in [6.45, 7) is 10.4. The third-order valence-electron chi connectivity index (χ3n) is 5.23. The fourth-order valence-corrected chi connectivity index (χ4v) is 7.99. The second kappa shape index (κ2) is 9.01. The van der Waals surface area contributed by atoms with Crippen molar-refractivity contribution in [2.45, 2.75) is 51.3 Å². The third-order valence-corrected chi connectivity index (χ3v) is 8.93. The standard InChI is InChI=1S/C25H29O3PS/c1-17(2)20-10-6-8-12-22(20)29(23-13-9-7-11-21(23)18(3)4)24-15-14-19(5)16-25(24)30(26,27)28/h6-18H,1-5H3,(H,26,27,28). The zero-order chi connectivity index (χ0) is 22.1. The normalized spacial score (nSPS) is 12.2. The van der Waals surface area contributed by atoms with Gasteiger partial charge in [-0.25, -0.2) is 0 Å². The van der Waals surface area contributed by atoms with E-state index in [9.17, 15) is 13.0 Å². The van der Waals surface area contributed by atoms with Crippen LogP contribution in [-0.4, -0.2) is 13.0 Å². The lowest BCUT2D eigenvalue weighted by atomic mass is 10.0. The predicted octanol–water partition coefficient (Wildman–Crippen LogP) is 5.25. The molecule has 30 heavy (non-hydrogen) atoms. The average molecular weight is 441 g/mol. The van der Waals surface area contributed by atoms with Crippen LogP contribution in [0.3, 0.4) is 0 Å². The summed E-state index contributed by atoms with van der Waals surface area (Å²) in [7, 11) is -5.56. The molecule has 0 saturated carbocycles. The van der Waals surface area contributed by atoms with Crippen LogP contribution in [0.5, 0.6) is 0 Å². The molecule has 0 aliphatic rings. The Balaban J connectivity index is 2.44. The van der Waals surface area contributed by atoms with Crippen LogP contribution in [0.2, 0.25) is 0 Å². The minimum Gasteiger partial charge on any atom is -0.282 e. The van der Waals surface area contributed by atoms with Gasteiger partial charge in [0.05, 0.1) is 0 Å². The lowest BCUT2D eigenvalue weighted by Gasteiger charge is -2.28. The molecular weight excluding hydrogens is 411 g/mol. The zero-order valence-electron chi connectivity index (χ0n) is 18.1. The van der Waals surface area contributed by atoms with Crippen LogP contribution in [0.4, 0.5) is 0 Å². The number of rotatable bonds is 6. The minimum atomic E-state index is -4.37. The van der Waals surface area contributed by atoms with E-state index >= 15 is 0 Å². The fourth-order valence-electron chi connectivity index (χ4n) is 3.76. The summed E-state index contributed by atoms with van der Waals surface area (Å²) in [5, 5.41) is 2.92. The summed E-state index contributed by atoms with van der Waals surface area (Å²) in [5.41, 5.74) is 3.20. The van der Waals surface area contributed by atoms with Gasteiger partial charge in [-0.1, -0.05) is 88.4 Å². The second-order valence-electron chi connectivity index (χ2n) is 8.21. The van der Waals surface area contributed by atoms with Gasteiger partial charge < -0.3 is 0 Å². The van der Waals surface area contributed by atoms with Crippen LogP contribution in [0.25, 0.3) is 0 Å². The molecule has 0 atom stereocenters. The van der Waals surface area contributed by atoms with E-state index in [2.05, 4.69) is 52.0 Å². The largest absolute Gasteiger partial charge is 0.295 e. The van der Waals surface area contributed by atoms with Crippen molar-refractivity contribution in [2.24, 2.45) is 0 Å². The Bertz CT molecular complexity index is 1100. The van der Waals surface area contributed by atoms with Gasteiger partial charge in [-0.3, -0.25) is 4.55 Å². The van der Waals surface area contributed by atoms with Gasteiger partial charge in [-0.15, -0.1) is 0 Å². The first-order valence-corrected chi connectivity index (χ1v) is 13.0. The van der Waals surface area contributed by atoms with Gasteiger partial charge in [0.15, 0.2) is 0 Å². The molecule has 0 bridgehead atoms. The van der Waals surface area contributed by atoms with Crippen molar-refractivity contribution in [3.05, 3.63) is 83.4 Å². The summed E-state index contributed by atoms with van der Waals surface area (Å²) < 4.78 is 34.8. The molecule has 0 unspecified atom stereocenters. The maximum Gasteiger partial charge on any atom is 0.295 e. The van der Waals surface area contributed by atoms with Crippen LogP contribution in [0, 0.1) is 6.92 Å². The Labute approximate surface area is 181 Å². The van der Waals surface area contributed by atoms with Gasteiger partial charge in [0.1, 0.15) is 4.90 Å². The first kappa shape index (κ1) is 22.7. The van der Waals surface area contributed by atoms with Crippen LogP contribution >= 0.6 is 7.92 Å². The molecule has 1 N–H and O–H groups in total. The molecule has 0 aliphatic heterocycles. The highest BCUT2D eigenvalue weighted by atomic mass is 32.2. The van der Waals surface area contributed by atoms with E-state index in [1.807, 2.05) is 43.3 Å². The number of hydrogen-bond acceptors (Lipinski definition) is 2. The van der Waals surface area contributed by atoms with Crippen LogP contribution < -0.4 is 15.9 Å². The maximum atomic E-state index is 12.4. The van der Waals surface area contributed by atoms with E-state index in [1.165, 1.54) is 11.1 Å². The Morgan fingerprint density at radius 3 is 1.63 bits per heavy atom. The lowest BCUT2D eigenvalue weighted by molar-refractivity contribution is 0.484. The van der Waals surface area contributed by atoms with Gasteiger partial charge in [-0.2, -0.15) is 8.42 Å². The molecule has 158 valence electrons. The first-order valence-electron chi connectivity index (χ1n) is 10.2. The van der Waals surface area contributed by atoms with Crippen molar-refractivity contribution < 1.29 is 13.0 Å². The molecule has 3 nitrogen and oxygen atoms in total. The first-order chi connectivity index (χ1) is 14.1. The Morgan fingerprint density at radius 2 is 1.20 bits per heavy atom. The Hall–Kier alpha value is -2.00. The molecular formula is C25H29O3PS. The fraction of sp³-hybridized carbons (Fsp3) is 0.280. The van der Waals surface area contributed by atoms with Crippen molar-refractivity contribution in [1.29, 1.82) is 0 Å². The molecule has 0 heterocycles. The molecule has 0 spiro atoms. The van der Waals surface area contributed by atoms with Gasteiger partial charge in [0.2, 0.25) is 0 Å². The summed E-state index contributed by atoms with van der Waals surface area (Å²) in [6, 6.07) is 21.9. The van der Waals surface area contributed by atoms with E-state index in [0.717, 1.165) is 16.2 Å². The maximum absolute atomic E-state index is 12.4. The van der Waals surface area contributed by atoms with Gasteiger partial charge >= 0.3 is 0 Å². The smallest absolute Gasteiger partial charge is 0.282 e. The molecule has 0 fully saturated rings. The van der Waals surface area contributed by atoms with E-state index in [1.54, 1.807) is 6.07 Å². The Kier molecular flexibility index (Phi) is 6.81. The molecule has 3 aromatic rings. The van der Waals surface area contributed by atoms with Crippen molar-refractivity contribution in [3.63, 3.8) is 0 Å². The second-order valence-corrected chi connectivity index (χ2v) is 11.7. The number of benzene rings is 3. The van der Waals surface area contributed by atoms with E-state index in [-0.39, 0.29) is 16.7 Å². The highest BCUT2D eigenvalue weighted by Crippen LogP contribution is 2.40. The summed E-state index contributed by atoms with van der Waals surface area (Å²) in [4.78, 5) is 0.00531. The van der Waals surface area contributed by atoms with E-state index < -0.39 is 18.0 Å². The molecule has 0 saturated heterocycles. The molecule has 5 heteroatoms. The minimum absolute atomic E-state index is 0.00531. The van der Waals surface area contributed by atoms with Gasteiger partial charge in [0.25, 0.3) is 10.1 Å². The highest BCUT2D eigenvalue weighted by Gasteiger charge is 2.28. The number of hydrogen-bond donors (Lipinski definition) is 1. The summed E-state index contributed by atoms with van der Waals surface area (Å²) in [6.07, 6.45) is 0. The van der Waals surface area contributed by atoms with Crippen molar-refractivity contribution in [1.82, 2.24) is 0 Å². The van der Waals surface area contributed by atoms with Crippen LogP contribution in [0.1, 0.15) is 56.2 Å². The summed E-state index contributed by atoms with van der Waals surface area (Å²) in [5.74, 6) is 0.578. The number of aryl methyl sites for hydroxylation is 1. The van der Waals surface area contributed by atoms with E-state index in [4.69, 9.17) is 0 Å². The van der Waals surface area contributed by atoms with Crippen molar-refractivity contribution in [3.8, 4) is 0 Å².